The molecule has 116 valence electrons. The molecular weight excluding hydrogens is 276 g/mol. The predicted octanol–water partition coefficient (Wildman–Crippen LogP) is 3.67. The van der Waals surface area contributed by atoms with Crippen LogP contribution in [0.5, 0.6) is 0 Å². The first kappa shape index (κ1) is 19.3. The van der Waals surface area contributed by atoms with Gasteiger partial charge in [-0.3, -0.25) is 0 Å². The first-order chi connectivity index (χ1) is 8.84. The van der Waals surface area contributed by atoms with Crippen LogP contribution in [0.3, 0.4) is 0 Å². The van der Waals surface area contributed by atoms with Crippen molar-refractivity contribution in [2.24, 2.45) is 0 Å². The third-order valence-corrected chi connectivity index (χ3v) is 12.6. The van der Waals surface area contributed by atoms with E-state index < -0.39 is 17.1 Å². The molecule has 0 N–H and O–H groups in total. The topological polar surface area (TPSA) is 36.9 Å². The Morgan fingerprint density at radius 2 is 0.895 bits per heavy atom. The molecular formula is C13H32O4Si2. The molecule has 0 aromatic carbocycles. The molecule has 0 aliphatic heterocycles. The van der Waals surface area contributed by atoms with Crippen LogP contribution in [0.2, 0.25) is 23.2 Å². The molecule has 0 radical (unpaired) electrons. The highest BCUT2D eigenvalue weighted by Gasteiger charge is 2.43. The van der Waals surface area contributed by atoms with Crippen LogP contribution in [0.4, 0.5) is 0 Å². The maximum atomic E-state index is 5.74. The highest BCUT2D eigenvalue weighted by Crippen LogP contribution is 2.33. The zero-order valence-corrected chi connectivity index (χ0v) is 15.9. The molecule has 0 fully saturated rings. The summed E-state index contributed by atoms with van der Waals surface area (Å²) in [6, 6.07) is 1.98. The average Bonchev–Trinajstić information content (AvgIpc) is 2.39. The summed E-state index contributed by atoms with van der Waals surface area (Å²) >= 11 is 0. The van der Waals surface area contributed by atoms with E-state index in [0.29, 0.717) is 11.1 Å². The minimum atomic E-state index is -2.07. The molecule has 0 rings (SSSR count). The fourth-order valence-electron chi connectivity index (χ4n) is 2.68. The van der Waals surface area contributed by atoms with Crippen molar-refractivity contribution in [3.63, 3.8) is 0 Å². The lowest BCUT2D eigenvalue weighted by Gasteiger charge is -2.34. The lowest BCUT2D eigenvalue weighted by atomic mass is 10.5. The van der Waals surface area contributed by atoms with Crippen molar-refractivity contribution in [1.82, 2.24) is 0 Å². The van der Waals surface area contributed by atoms with E-state index in [1.54, 1.807) is 28.4 Å². The summed E-state index contributed by atoms with van der Waals surface area (Å²) in [5.74, 6) is 0. The van der Waals surface area contributed by atoms with Crippen molar-refractivity contribution in [2.75, 3.05) is 28.4 Å². The van der Waals surface area contributed by atoms with Crippen molar-refractivity contribution >= 4 is 17.1 Å². The molecule has 0 amide bonds. The Morgan fingerprint density at radius 3 is 1.05 bits per heavy atom. The Kier molecular flexibility index (Phi) is 8.66. The van der Waals surface area contributed by atoms with E-state index in [9.17, 15) is 0 Å². The second kappa shape index (κ2) is 8.54. The average molecular weight is 309 g/mol. The minimum absolute atomic E-state index is 0.447. The molecule has 6 heteroatoms. The maximum Gasteiger partial charge on any atom is 0.340 e. The SMILES string of the molecule is CO[Si](CCC[Si](OC)(OC)C(C)C)(OC)C(C)C. The lowest BCUT2D eigenvalue weighted by Crippen LogP contribution is -2.46. The van der Waals surface area contributed by atoms with E-state index in [1.165, 1.54) is 0 Å². The molecule has 0 heterocycles. The number of rotatable bonds is 10. The highest BCUT2D eigenvalue weighted by molar-refractivity contribution is 6.70. The van der Waals surface area contributed by atoms with E-state index in [1.807, 2.05) is 0 Å². The Bertz CT molecular complexity index is 215. The molecule has 0 bridgehead atoms. The van der Waals surface area contributed by atoms with Gasteiger partial charge in [0.2, 0.25) is 0 Å². The van der Waals surface area contributed by atoms with Crippen molar-refractivity contribution in [2.45, 2.75) is 57.3 Å². The Hall–Kier alpha value is 0.274. The van der Waals surface area contributed by atoms with Gasteiger partial charge in [0, 0.05) is 28.4 Å². The summed E-state index contributed by atoms with van der Waals surface area (Å²) < 4.78 is 23.0. The van der Waals surface area contributed by atoms with Crippen LogP contribution in [0.25, 0.3) is 0 Å². The Morgan fingerprint density at radius 1 is 0.632 bits per heavy atom. The van der Waals surface area contributed by atoms with Crippen LogP contribution in [-0.2, 0) is 17.7 Å². The van der Waals surface area contributed by atoms with Gasteiger partial charge in [-0.2, -0.15) is 0 Å². The van der Waals surface area contributed by atoms with Crippen molar-refractivity contribution < 1.29 is 17.7 Å². The number of hydrogen-bond donors (Lipinski definition) is 0. The van der Waals surface area contributed by atoms with Crippen LogP contribution in [0.1, 0.15) is 34.1 Å². The first-order valence-corrected chi connectivity index (χ1v) is 11.2. The summed E-state index contributed by atoms with van der Waals surface area (Å²) in [6.45, 7) is 8.72. The molecule has 0 aromatic rings. The van der Waals surface area contributed by atoms with E-state index in [0.717, 1.165) is 18.5 Å². The van der Waals surface area contributed by atoms with E-state index in [4.69, 9.17) is 17.7 Å². The van der Waals surface area contributed by atoms with Crippen molar-refractivity contribution in [3.8, 4) is 0 Å². The third kappa shape index (κ3) is 4.65. The molecule has 0 aliphatic rings. The monoisotopic (exact) mass is 308 g/mol. The van der Waals surface area contributed by atoms with Gasteiger partial charge in [0.05, 0.1) is 0 Å². The smallest absolute Gasteiger partial charge is 0.340 e. The standard InChI is InChI=1S/C13H32O4Si2/c1-12(2)18(14-5,15-6)10-9-11-19(16-7,17-8)13(3)4/h12-13H,9-11H2,1-8H3. The molecule has 19 heavy (non-hydrogen) atoms. The molecule has 0 aliphatic carbocycles. The Balaban J connectivity index is 4.63. The molecule has 0 aromatic heterocycles. The van der Waals surface area contributed by atoms with E-state index in [-0.39, 0.29) is 0 Å². The van der Waals surface area contributed by atoms with Crippen LogP contribution in [-0.4, -0.2) is 45.6 Å². The fraction of sp³-hybridized carbons (Fsp3) is 1.00. The zero-order valence-electron chi connectivity index (χ0n) is 13.9. The Labute approximate surface area is 121 Å². The lowest BCUT2D eigenvalue weighted by molar-refractivity contribution is 0.223. The van der Waals surface area contributed by atoms with E-state index in [2.05, 4.69) is 27.7 Å². The third-order valence-electron chi connectivity index (χ3n) is 4.19. The van der Waals surface area contributed by atoms with Crippen LogP contribution in [0, 0.1) is 0 Å². The van der Waals surface area contributed by atoms with Crippen LogP contribution >= 0.6 is 0 Å². The fourth-order valence-corrected chi connectivity index (χ4v) is 8.56. The van der Waals surface area contributed by atoms with Crippen molar-refractivity contribution in [3.05, 3.63) is 0 Å². The van der Waals surface area contributed by atoms with Crippen LogP contribution < -0.4 is 0 Å². The zero-order chi connectivity index (χ0) is 15.1. The second-order valence-corrected chi connectivity index (χ2v) is 13.8. The van der Waals surface area contributed by atoms with Gasteiger partial charge in [-0.15, -0.1) is 0 Å². The molecule has 0 atom stereocenters. The van der Waals surface area contributed by atoms with Gasteiger partial charge in [-0.1, -0.05) is 27.7 Å². The molecule has 0 saturated heterocycles. The summed E-state index contributed by atoms with van der Waals surface area (Å²) in [5, 5.41) is 0. The van der Waals surface area contributed by atoms with Gasteiger partial charge >= 0.3 is 17.1 Å². The van der Waals surface area contributed by atoms with Gasteiger partial charge < -0.3 is 17.7 Å². The summed E-state index contributed by atoms with van der Waals surface area (Å²) in [5.41, 5.74) is 0.894. The quantitative estimate of drug-likeness (QED) is 0.577. The molecule has 0 saturated carbocycles. The van der Waals surface area contributed by atoms with Gasteiger partial charge in [0.25, 0.3) is 0 Å². The maximum absolute atomic E-state index is 5.74. The van der Waals surface area contributed by atoms with E-state index >= 15 is 0 Å². The molecule has 0 spiro atoms. The van der Waals surface area contributed by atoms with Gasteiger partial charge in [0.15, 0.2) is 0 Å². The van der Waals surface area contributed by atoms with Gasteiger partial charge in [-0.05, 0) is 29.6 Å². The summed E-state index contributed by atoms with van der Waals surface area (Å²) in [6.07, 6.45) is 1.04. The molecule has 4 nitrogen and oxygen atoms in total. The highest BCUT2D eigenvalue weighted by atomic mass is 28.4. The minimum Gasteiger partial charge on any atom is -0.397 e. The first-order valence-electron chi connectivity index (χ1n) is 7.04. The molecule has 0 unspecified atom stereocenters. The van der Waals surface area contributed by atoms with Gasteiger partial charge in [-0.25, -0.2) is 0 Å². The van der Waals surface area contributed by atoms with Gasteiger partial charge in [0.1, 0.15) is 0 Å². The second-order valence-electron chi connectivity index (χ2n) is 5.60. The number of hydrogen-bond acceptors (Lipinski definition) is 4. The van der Waals surface area contributed by atoms with Crippen molar-refractivity contribution in [1.29, 1.82) is 0 Å². The summed E-state index contributed by atoms with van der Waals surface area (Å²) in [4.78, 5) is 0. The summed E-state index contributed by atoms with van der Waals surface area (Å²) in [7, 11) is 2.95. The largest absolute Gasteiger partial charge is 0.397 e. The van der Waals surface area contributed by atoms with Crippen LogP contribution in [0.15, 0.2) is 0 Å². The normalized spacial score (nSPS) is 13.6. The predicted molar refractivity (Wildman–Crippen MR) is 84.0 cm³/mol.